The van der Waals surface area contributed by atoms with Crippen molar-refractivity contribution in [1.29, 1.82) is 0 Å². The number of amides is 3. The molecule has 3 rings (SSSR count). The van der Waals surface area contributed by atoms with Crippen LogP contribution in [0, 0.1) is 5.92 Å². The molecule has 1 aliphatic heterocycles. The van der Waals surface area contributed by atoms with Crippen LogP contribution in [0.5, 0.6) is 5.75 Å². The van der Waals surface area contributed by atoms with Gasteiger partial charge in [-0.05, 0) is 55.6 Å². The molecule has 0 bridgehead atoms. The van der Waals surface area contributed by atoms with Crippen molar-refractivity contribution in [2.24, 2.45) is 5.92 Å². The number of hydrazine groups is 1. The first kappa shape index (κ1) is 19.4. The summed E-state index contributed by atoms with van der Waals surface area (Å²) in [6.07, 6.45) is 4.56. The van der Waals surface area contributed by atoms with Crippen LogP contribution >= 0.6 is 12.2 Å². The molecule has 3 amide bonds. The molecule has 1 aromatic carbocycles. The number of carbonyl (C=O) groups is 2. The molecule has 0 radical (unpaired) electrons. The predicted octanol–water partition coefficient (Wildman–Crippen LogP) is 2.42. The van der Waals surface area contributed by atoms with E-state index in [1.54, 1.807) is 38.3 Å². The number of hydrogen-bond acceptors (Lipinski definition) is 4. The molecule has 1 aliphatic carbocycles. The van der Waals surface area contributed by atoms with E-state index in [4.69, 9.17) is 17.0 Å². The predicted molar refractivity (Wildman–Crippen MR) is 106 cm³/mol. The first-order valence-corrected chi connectivity index (χ1v) is 9.64. The summed E-state index contributed by atoms with van der Waals surface area (Å²) in [5, 5.41) is 7.23. The number of imide groups is 1. The molecule has 1 saturated carbocycles. The maximum absolute atomic E-state index is 13.0. The maximum Gasteiger partial charge on any atom is 0.344 e. The van der Waals surface area contributed by atoms with Gasteiger partial charge in [0.1, 0.15) is 11.3 Å². The second kappa shape index (κ2) is 7.72. The van der Waals surface area contributed by atoms with Gasteiger partial charge in [-0.25, -0.2) is 4.79 Å². The molecule has 3 atom stereocenters. The number of thiocarbonyl (C=S) groups is 1. The van der Waals surface area contributed by atoms with E-state index in [0.29, 0.717) is 17.2 Å². The largest absolute Gasteiger partial charge is 0.497 e. The molecule has 1 heterocycles. The molecule has 0 spiro atoms. The Morgan fingerprint density at radius 2 is 2.07 bits per heavy atom. The van der Waals surface area contributed by atoms with Gasteiger partial charge in [-0.1, -0.05) is 31.9 Å². The van der Waals surface area contributed by atoms with E-state index in [0.717, 1.165) is 24.3 Å². The molecule has 27 heavy (non-hydrogen) atoms. The molecule has 1 saturated heterocycles. The molecular weight excluding hydrogens is 364 g/mol. The van der Waals surface area contributed by atoms with Gasteiger partial charge in [0.05, 0.1) is 7.11 Å². The minimum atomic E-state index is -1.19. The minimum Gasteiger partial charge on any atom is -0.497 e. The second-order valence-electron chi connectivity index (χ2n) is 7.38. The van der Waals surface area contributed by atoms with Crippen molar-refractivity contribution in [2.45, 2.75) is 51.1 Å². The number of rotatable bonds is 4. The monoisotopic (exact) mass is 390 g/mol. The Labute approximate surface area is 164 Å². The first-order valence-electron chi connectivity index (χ1n) is 9.23. The smallest absolute Gasteiger partial charge is 0.344 e. The Kier molecular flexibility index (Phi) is 5.55. The summed E-state index contributed by atoms with van der Waals surface area (Å²) in [6.45, 7) is 3.86. The molecular formula is C19H26N4O3S. The van der Waals surface area contributed by atoms with Crippen LogP contribution in [0.3, 0.4) is 0 Å². The van der Waals surface area contributed by atoms with Crippen LogP contribution in [0.25, 0.3) is 0 Å². The highest BCUT2D eigenvalue weighted by Crippen LogP contribution is 2.30. The van der Waals surface area contributed by atoms with Crippen LogP contribution in [0.4, 0.5) is 4.79 Å². The summed E-state index contributed by atoms with van der Waals surface area (Å²) >= 11 is 5.35. The zero-order valence-electron chi connectivity index (χ0n) is 15.9. The van der Waals surface area contributed by atoms with Gasteiger partial charge in [0.25, 0.3) is 5.91 Å². The average molecular weight is 391 g/mol. The highest BCUT2D eigenvalue weighted by Gasteiger charge is 2.50. The number of methoxy groups -OCH3 is 1. The van der Waals surface area contributed by atoms with Crippen molar-refractivity contribution in [1.82, 2.24) is 21.1 Å². The molecule has 2 aliphatic rings. The number of carbonyl (C=O) groups excluding carboxylic acids is 2. The highest BCUT2D eigenvalue weighted by atomic mass is 32.1. The van der Waals surface area contributed by atoms with Crippen molar-refractivity contribution < 1.29 is 14.3 Å². The number of ether oxygens (including phenoxy) is 1. The zero-order chi connectivity index (χ0) is 19.6. The molecule has 1 aromatic rings. The Bertz CT molecular complexity index is 756. The summed E-state index contributed by atoms with van der Waals surface area (Å²) in [5.41, 5.74) is 2.22. The van der Waals surface area contributed by atoms with Gasteiger partial charge in [0.2, 0.25) is 0 Å². The Morgan fingerprint density at radius 3 is 2.78 bits per heavy atom. The summed E-state index contributed by atoms with van der Waals surface area (Å²) in [5.74, 6) is 0.705. The molecule has 7 nitrogen and oxygen atoms in total. The van der Waals surface area contributed by atoms with Gasteiger partial charge in [-0.15, -0.1) is 0 Å². The molecule has 146 valence electrons. The SMILES string of the molecule is COc1cccc([C@@]2(C)NC(=O)N(NC(=S)N[C@@H]3CCCC[C@H]3C)C2=O)c1. The third-order valence-electron chi connectivity index (χ3n) is 5.48. The van der Waals surface area contributed by atoms with Crippen molar-refractivity contribution in [3.05, 3.63) is 29.8 Å². The lowest BCUT2D eigenvalue weighted by molar-refractivity contribution is -0.132. The van der Waals surface area contributed by atoms with Crippen molar-refractivity contribution in [3.63, 3.8) is 0 Å². The second-order valence-corrected chi connectivity index (χ2v) is 7.79. The highest BCUT2D eigenvalue weighted by molar-refractivity contribution is 7.80. The number of benzene rings is 1. The Hall–Kier alpha value is -2.35. The van der Waals surface area contributed by atoms with Crippen LogP contribution in [-0.2, 0) is 10.3 Å². The summed E-state index contributed by atoms with van der Waals surface area (Å²) in [4.78, 5) is 25.4. The standard InChI is InChI=1S/C19H26N4O3S/c1-12-7-4-5-10-15(12)20-17(27)22-23-16(24)19(2,21-18(23)25)13-8-6-9-14(11-13)26-3/h6,8-9,11-12,15H,4-5,7,10H2,1-3H3,(H,21,25)(H2,20,22,27)/t12-,15-,19-/m1/s1. The van der Waals surface area contributed by atoms with E-state index in [9.17, 15) is 9.59 Å². The van der Waals surface area contributed by atoms with Gasteiger partial charge >= 0.3 is 6.03 Å². The fraction of sp³-hybridized carbons (Fsp3) is 0.526. The Morgan fingerprint density at radius 1 is 1.33 bits per heavy atom. The summed E-state index contributed by atoms with van der Waals surface area (Å²) in [7, 11) is 1.56. The average Bonchev–Trinajstić information content (AvgIpc) is 2.88. The lowest BCUT2D eigenvalue weighted by atomic mass is 9.86. The van der Waals surface area contributed by atoms with Gasteiger partial charge < -0.3 is 15.4 Å². The van der Waals surface area contributed by atoms with E-state index in [-0.39, 0.29) is 11.2 Å². The number of urea groups is 1. The van der Waals surface area contributed by atoms with Crippen LogP contribution in [0.1, 0.15) is 45.1 Å². The van der Waals surface area contributed by atoms with Crippen LogP contribution in [0.2, 0.25) is 0 Å². The molecule has 3 N–H and O–H groups in total. The van der Waals surface area contributed by atoms with E-state index in [2.05, 4.69) is 23.0 Å². The third-order valence-corrected chi connectivity index (χ3v) is 5.69. The van der Waals surface area contributed by atoms with E-state index in [1.165, 1.54) is 6.42 Å². The van der Waals surface area contributed by atoms with Crippen LogP contribution in [-0.4, -0.2) is 35.2 Å². The van der Waals surface area contributed by atoms with Crippen molar-refractivity contribution >= 4 is 29.3 Å². The minimum absolute atomic E-state index is 0.254. The number of nitrogens with one attached hydrogen (secondary N) is 3. The normalized spacial score (nSPS) is 27.9. The van der Waals surface area contributed by atoms with Crippen LogP contribution < -0.4 is 20.8 Å². The van der Waals surface area contributed by atoms with E-state index in [1.807, 2.05) is 0 Å². The molecule has 0 unspecified atom stereocenters. The van der Waals surface area contributed by atoms with Gasteiger partial charge in [0, 0.05) is 6.04 Å². The van der Waals surface area contributed by atoms with E-state index < -0.39 is 17.5 Å². The first-order chi connectivity index (χ1) is 12.8. The quantitative estimate of drug-likeness (QED) is 0.541. The van der Waals surface area contributed by atoms with Crippen molar-refractivity contribution in [2.75, 3.05) is 7.11 Å². The molecule has 2 fully saturated rings. The zero-order valence-corrected chi connectivity index (χ0v) is 16.7. The lowest BCUT2D eigenvalue weighted by Gasteiger charge is -2.31. The third kappa shape index (κ3) is 3.85. The maximum atomic E-state index is 13.0. The van der Waals surface area contributed by atoms with Crippen LogP contribution in [0.15, 0.2) is 24.3 Å². The molecule has 8 heteroatoms. The van der Waals surface area contributed by atoms with Gasteiger partial charge in [0.15, 0.2) is 5.11 Å². The van der Waals surface area contributed by atoms with Gasteiger partial charge in [-0.2, -0.15) is 5.01 Å². The summed E-state index contributed by atoms with van der Waals surface area (Å²) < 4.78 is 5.22. The summed E-state index contributed by atoms with van der Waals surface area (Å²) in [6, 6.07) is 6.81. The fourth-order valence-corrected chi connectivity index (χ4v) is 3.95. The fourth-order valence-electron chi connectivity index (χ4n) is 3.70. The number of hydrogen-bond donors (Lipinski definition) is 3. The molecule has 0 aromatic heterocycles. The lowest BCUT2D eigenvalue weighted by Crippen LogP contribution is -2.54. The van der Waals surface area contributed by atoms with E-state index >= 15 is 0 Å². The van der Waals surface area contributed by atoms with Gasteiger partial charge in [-0.3, -0.25) is 10.2 Å². The number of nitrogens with zero attached hydrogens (tertiary/aromatic N) is 1. The topological polar surface area (TPSA) is 82.7 Å². The van der Waals surface area contributed by atoms with Crippen molar-refractivity contribution in [3.8, 4) is 5.75 Å². The Balaban J connectivity index is 1.71.